The minimum absolute atomic E-state index is 0.416. The number of aryl methyl sites for hydroxylation is 1. The van der Waals surface area contributed by atoms with E-state index in [4.69, 9.17) is 5.73 Å². The fourth-order valence-electron chi connectivity index (χ4n) is 1.97. The van der Waals surface area contributed by atoms with Gasteiger partial charge in [0.05, 0.1) is 11.2 Å². The zero-order valence-corrected chi connectivity index (χ0v) is 9.49. The van der Waals surface area contributed by atoms with Crippen molar-refractivity contribution in [2.24, 2.45) is 5.73 Å². The second-order valence-electron chi connectivity index (χ2n) is 4.19. The van der Waals surface area contributed by atoms with Crippen molar-refractivity contribution in [2.45, 2.75) is 33.2 Å². The van der Waals surface area contributed by atoms with E-state index < -0.39 is 0 Å². The molecular formula is C12H17N3. The van der Waals surface area contributed by atoms with Crippen molar-refractivity contribution in [1.82, 2.24) is 9.38 Å². The van der Waals surface area contributed by atoms with Gasteiger partial charge in [-0.3, -0.25) is 0 Å². The number of hydrogen-bond donors (Lipinski definition) is 1. The fourth-order valence-corrected chi connectivity index (χ4v) is 1.97. The van der Waals surface area contributed by atoms with Gasteiger partial charge in [0, 0.05) is 18.7 Å². The van der Waals surface area contributed by atoms with Crippen molar-refractivity contribution >= 4 is 5.52 Å². The van der Waals surface area contributed by atoms with Crippen LogP contribution in [0.15, 0.2) is 18.3 Å². The number of imidazole rings is 1. The average Bonchev–Trinajstić information content (AvgIpc) is 2.58. The van der Waals surface area contributed by atoms with Crippen LogP contribution in [0.3, 0.4) is 0 Å². The number of fused-ring (bicyclic) bond motifs is 1. The molecule has 2 aromatic heterocycles. The van der Waals surface area contributed by atoms with Gasteiger partial charge in [0.25, 0.3) is 0 Å². The molecule has 0 atom stereocenters. The van der Waals surface area contributed by atoms with Crippen molar-refractivity contribution in [3.05, 3.63) is 35.4 Å². The van der Waals surface area contributed by atoms with Gasteiger partial charge >= 0.3 is 0 Å². The quantitative estimate of drug-likeness (QED) is 0.813. The second kappa shape index (κ2) is 3.66. The van der Waals surface area contributed by atoms with E-state index in [1.807, 2.05) is 0 Å². The van der Waals surface area contributed by atoms with Crippen LogP contribution in [0.1, 0.15) is 36.8 Å². The molecule has 3 nitrogen and oxygen atoms in total. The van der Waals surface area contributed by atoms with Gasteiger partial charge in [-0.1, -0.05) is 19.9 Å². The van der Waals surface area contributed by atoms with Crippen LogP contribution in [0.2, 0.25) is 0 Å². The van der Waals surface area contributed by atoms with Gasteiger partial charge < -0.3 is 10.1 Å². The zero-order valence-electron chi connectivity index (χ0n) is 9.49. The maximum absolute atomic E-state index is 5.72. The predicted octanol–water partition coefficient (Wildman–Crippen LogP) is 2.22. The van der Waals surface area contributed by atoms with E-state index in [9.17, 15) is 0 Å². The molecule has 0 radical (unpaired) electrons. The van der Waals surface area contributed by atoms with Crippen molar-refractivity contribution in [2.75, 3.05) is 0 Å². The number of nitrogens with two attached hydrogens (primary N) is 1. The van der Waals surface area contributed by atoms with Gasteiger partial charge in [-0.2, -0.15) is 0 Å². The fraction of sp³-hybridized carbons (Fsp3) is 0.417. The predicted molar refractivity (Wildman–Crippen MR) is 61.9 cm³/mol. The second-order valence-corrected chi connectivity index (χ2v) is 4.19. The molecule has 0 fully saturated rings. The first-order valence-electron chi connectivity index (χ1n) is 5.31. The van der Waals surface area contributed by atoms with E-state index >= 15 is 0 Å². The highest BCUT2D eigenvalue weighted by atomic mass is 15.0. The molecule has 0 saturated carbocycles. The monoisotopic (exact) mass is 203 g/mol. The zero-order chi connectivity index (χ0) is 11.0. The molecule has 0 aliphatic rings. The Kier molecular flexibility index (Phi) is 2.49. The Labute approximate surface area is 89.9 Å². The normalized spacial score (nSPS) is 11.5. The lowest BCUT2D eigenvalue weighted by Crippen LogP contribution is -1.98. The Balaban J connectivity index is 2.81. The van der Waals surface area contributed by atoms with Gasteiger partial charge in [0.1, 0.15) is 5.82 Å². The molecule has 2 heterocycles. The van der Waals surface area contributed by atoms with E-state index in [1.165, 1.54) is 11.1 Å². The van der Waals surface area contributed by atoms with Gasteiger partial charge in [0.15, 0.2) is 0 Å². The molecule has 0 bridgehead atoms. The molecule has 0 unspecified atom stereocenters. The largest absolute Gasteiger partial charge is 0.325 e. The highest BCUT2D eigenvalue weighted by Gasteiger charge is 2.13. The van der Waals surface area contributed by atoms with Crippen LogP contribution < -0.4 is 5.73 Å². The molecule has 0 aliphatic carbocycles. The SMILES string of the molecule is Cc1cccn2c(C(C)C)nc(CN)c12. The van der Waals surface area contributed by atoms with Gasteiger partial charge in [-0.25, -0.2) is 4.98 Å². The minimum atomic E-state index is 0.416. The summed E-state index contributed by atoms with van der Waals surface area (Å²) in [6.07, 6.45) is 2.06. The highest BCUT2D eigenvalue weighted by molar-refractivity contribution is 5.59. The molecule has 2 N–H and O–H groups in total. The first kappa shape index (κ1) is 10.2. The van der Waals surface area contributed by atoms with Crippen LogP contribution >= 0.6 is 0 Å². The highest BCUT2D eigenvalue weighted by Crippen LogP contribution is 2.21. The molecule has 80 valence electrons. The standard InChI is InChI=1S/C12H17N3/c1-8(2)12-14-10(7-13)11-9(3)5-4-6-15(11)12/h4-6,8H,7,13H2,1-3H3. The first-order valence-corrected chi connectivity index (χ1v) is 5.31. The Morgan fingerprint density at radius 1 is 1.47 bits per heavy atom. The smallest absolute Gasteiger partial charge is 0.116 e. The summed E-state index contributed by atoms with van der Waals surface area (Å²) in [6.45, 7) is 6.90. The van der Waals surface area contributed by atoms with E-state index in [0.29, 0.717) is 12.5 Å². The maximum Gasteiger partial charge on any atom is 0.116 e. The molecule has 0 amide bonds. The van der Waals surface area contributed by atoms with Crippen LogP contribution in [-0.2, 0) is 6.54 Å². The molecule has 0 saturated heterocycles. The Hall–Kier alpha value is -1.35. The Morgan fingerprint density at radius 3 is 2.80 bits per heavy atom. The topological polar surface area (TPSA) is 43.3 Å². The van der Waals surface area contributed by atoms with Gasteiger partial charge in [0.2, 0.25) is 0 Å². The summed E-state index contributed by atoms with van der Waals surface area (Å²) in [5.74, 6) is 1.51. The summed E-state index contributed by atoms with van der Waals surface area (Å²) < 4.78 is 2.15. The summed E-state index contributed by atoms with van der Waals surface area (Å²) >= 11 is 0. The summed E-state index contributed by atoms with van der Waals surface area (Å²) in [5, 5.41) is 0. The van der Waals surface area contributed by atoms with Crippen LogP contribution in [-0.4, -0.2) is 9.38 Å². The molecule has 0 spiro atoms. The van der Waals surface area contributed by atoms with E-state index in [0.717, 1.165) is 11.5 Å². The van der Waals surface area contributed by atoms with Crippen molar-refractivity contribution < 1.29 is 0 Å². The number of nitrogens with zero attached hydrogens (tertiary/aromatic N) is 2. The molecule has 2 aromatic rings. The lowest BCUT2D eigenvalue weighted by molar-refractivity contribution is 0.765. The molecule has 15 heavy (non-hydrogen) atoms. The molecular weight excluding hydrogens is 186 g/mol. The number of aromatic nitrogens is 2. The third-order valence-electron chi connectivity index (χ3n) is 2.68. The van der Waals surface area contributed by atoms with Crippen LogP contribution in [0.25, 0.3) is 5.52 Å². The lowest BCUT2D eigenvalue weighted by Gasteiger charge is -2.04. The summed E-state index contributed by atoms with van der Waals surface area (Å²) in [7, 11) is 0. The molecule has 2 rings (SSSR count). The Morgan fingerprint density at radius 2 is 2.20 bits per heavy atom. The van der Waals surface area contributed by atoms with E-state index in [1.54, 1.807) is 0 Å². The van der Waals surface area contributed by atoms with Gasteiger partial charge in [-0.05, 0) is 18.6 Å². The molecule has 0 aromatic carbocycles. The Bertz CT molecular complexity index is 483. The minimum Gasteiger partial charge on any atom is -0.325 e. The average molecular weight is 203 g/mol. The summed E-state index contributed by atoms with van der Waals surface area (Å²) in [5.41, 5.74) is 9.12. The molecule has 0 aliphatic heterocycles. The third-order valence-corrected chi connectivity index (χ3v) is 2.68. The third kappa shape index (κ3) is 1.53. The summed E-state index contributed by atoms with van der Waals surface area (Å²) in [4.78, 5) is 4.61. The van der Waals surface area contributed by atoms with Gasteiger partial charge in [-0.15, -0.1) is 0 Å². The summed E-state index contributed by atoms with van der Waals surface area (Å²) in [6, 6.07) is 4.15. The van der Waals surface area contributed by atoms with Crippen molar-refractivity contribution in [3.63, 3.8) is 0 Å². The maximum atomic E-state index is 5.72. The van der Waals surface area contributed by atoms with Crippen LogP contribution in [0.5, 0.6) is 0 Å². The van der Waals surface area contributed by atoms with Crippen molar-refractivity contribution in [1.29, 1.82) is 0 Å². The van der Waals surface area contributed by atoms with Crippen LogP contribution in [0.4, 0.5) is 0 Å². The van der Waals surface area contributed by atoms with E-state index in [-0.39, 0.29) is 0 Å². The first-order chi connectivity index (χ1) is 7.15. The van der Waals surface area contributed by atoms with Crippen molar-refractivity contribution in [3.8, 4) is 0 Å². The number of pyridine rings is 1. The number of hydrogen-bond acceptors (Lipinski definition) is 2. The molecule has 3 heteroatoms. The van der Waals surface area contributed by atoms with Crippen LogP contribution in [0, 0.1) is 6.92 Å². The van der Waals surface area contributed by atoms with E-state index in [2.05, 4.69) is 48.5 Å². The number of rotatable bonds is 2. The lowest BCUT2D eigenvalue weighted by atomic mass is 10.2.